The summed E-state index contributed by atoms with van der Waals surface area (Å²) in [5.74, 6) is 2.61. The molecule has 1 aliphatic carbocycles. The van der Waals surface area contributed by atoms with Crippen LogP contribution in [0.25, 0.3) is 0 Å². The zero-order valence-electron chi connectivity index (χ0n) is 16.8. The molecule has 1 aromatic rings. The minimum atomic E-state index is 0.471. The van der Waals surface area contributed by atoms with Crippen molar-refractivity contribution in [3.8, 4) is 5.75 Å². The topological polar surface area (TPSA) is 48.9 Å². The van der Waals surface area contributed by atoms with Gasteiger partial charge in [-0.15, -0.1) is 0 Å². The molecule has 0 bridgehead atoms. The molecular formula is C22H34N4O. The molecule has 0 unspecified atom stereocenters. The number of guanidine groups is 1. The van der Waals surface area contributed by atoms with E-state index in [0.717, 1.165) is 63.3 Å². The normalized spacial score (nSPS) is 19.0. The highest BCUT2D eigenvalue weighted by Crippen LogP contribution is 2.30. The zero-order chi connectivity index (χ0) is 19.1. The number of benzene rings is 1. The van der Waals surface area contributed by atoms with Crippen molar-refractivity contribution in [2.45, 2.75) is 45.2 Å². The van der Waals surface area contributed by atoms with Crippen LogP contribution in [0.2, 0.25) is 0 Å². The van der Waals surface area contributed by atoms with Crippen molar-refractivity contribution >= 4 is 5.96 Å². The summed E-state index contributed by atoms with van der Waals surface area (Å²) in [5, 5.41) is 7.03. The van der Waals surface area contributed by atoms with Crippen molar-refractivity contribution in [2.75, 3.05) is 33.3 Å². The number of hydrogen-bond donors (Lipinski definition) is 2. The summed E-state index contributed by atoms with van der Waals surface area (Å²) in [7, 11) is 1.83. The number of aliphatic imine (C=N–C) groups is 1. The summed E-state index contributed by atoms with van der Waals surface area (Å²) in [6, 6.07) is 8.76. The quantitative estimate of drug-likeness (QED) is 0.419. The molecule has 1 aliphatic heterocycles. The molecular weight excluding hydrogens is 336 g/mol. The first-order chi connectivity index (χ1) is 13.1. The Morgan fingerprint density at radius 2 is 1.96 bits per heavy atom. The number of likely N-dealkylation sites (tertiary alicyclic amines) is 1. The van der Waals surface area contributed by atoms with Crippen LogP contribution in [-0.2, 0) is 6.54 Å². The van der Waals surface area contributed by atoms with Gasteiger partial charge in [0.25, 0.3) is 0 Å². The molecule has 2 fully saturated rings. The molecule has 1 saturated carbocycles. The third-order valence-electron chi connectivity index (χ3n) is 5.24. The zero-order valence-corrected chi connectivity index (χ0v) is 16.8. The summed E-state index contributed by atoms with van der Waals surface area (Å²) < 4.78 is 6.01. The molecule has 1 heterocycles. The van der Waals surface area contributed by atoms with E-state index in [1.807, 2.05) is 13.1 Å². The highest BCUT2D eigenvalue weighted by atomic mass is 16.5. The molecule has 0 spiro atoms. The van der Waals surface area contributed by atoms with Crippen LogP contribution >= 0.6 is 0 Å². The summed E-state index contributed by atoms with van der Waals surface area (Å²) >= 11 is 0. The van der Waals surface area contributed by atoms with E-state index in [0.29, 0.717) is 6.04 Å². The Bertz CT molecular complexity index is 645. The standard InChI is InChI=1S/C22H34N4O/c1-17(2)15-26-12-10-20(11-13-26)25-22(23-3)24-14-19-6-4-5-7-21(19)27-16-18-8-9-18/h4-7,18,20H,1,8-16H2,2-3H3,(H2,23,24,25). The highest BCUT2D eigenvalue weighted by molar-refractivity contribution is 5.80. The van der Waals surface area contributed by atoms with Gasteiger partial charge in [-0.25, -0.2) is 0 Å². The molecule has 0 aromatic heterocycles. The predicted molar refractivity (Wildman–Crippen MR) is 112 cm³/mol. The number of piperidine rings is 1. The second-order valence-electron chi connectivity index (χ2n) is 7.94. The van der Waals surface area contributed by atoms with Gasteiger partial charge in [0.1, 0.15) is 5.75 Å². The predicted octanol–water partition coefficient (Wildman–Crippen LogP) is 3.18. The van der Waals surface area contributed by atoms with Crippen molar-refractivity contribution in [2.24, 2.45) is 10.9 Å². The highest BCUT2D eigenvalue weighted by Gasteiger charge is 2.22. The van der Waals surface area contributed by atoms with Crippen LogP contribution in [0, 0.1) is 5.92 Å². The molecule has 5 heteroatoms. The summed E-state index contributed by atoms with van der Waals surface area (Å²) in [4.78, 5) is 6.88. The minimum absolute atomic E-state index is 0.471. The summed E-state index contributed by atoms with van der Waals surface area (Å²) in [6.07, 6.45) is 4.88. The Balaban J connectivity index is 1.45. The van der Waals surface area contributed by atoms with Crippen molar-refractivity contribution in [1.29, 1.82) is 0 Å². The van der Waals surface area contributed by atoms with Crippen molar-refractivity contribution < 1.29 is 4.74 Å². The molecule has 1 saturated heterocycles. The second-order valence-corrected chi connectivity index (χ2v) is 7.94. The fourth-order valence-corrected chi connectivity index (χ4v) is 3.47. The first-order valence-electron chi connectivity index (χ1n) is 10.2. The van der Waals surface area contributed by atoms with Gasteiger partial charge in [0.05, 0.1) is 6.61 Å². The van der Waals surface area contributed by atoms with Crippen LogP contribution in [0.15, 0.2) is 41.4 Å². The molecule has 3 rings (SSSR count). The number of rotatable bonds is 8. The van der Waals surface area contributed by atoms with E-state index < -0.39 is 0 Å². The van der Waals surface area contributed by atoms with Crippen molar-refractivity contribution in [3.05, 3.63) is 42.0 Å². The van der Waals surface area contributed by atoms with Crippen LogP contribution < -0.4 is 15.4 Å². The lowest BCUT2D eigenvalue weighted by molar-refractivity contribution is 0.221. The van der Waals surface area contributed by atoms with Gasteiger partial charge in [-0.3, -0.25) is 9.89 Å². The fraction of sp³-hybridized carbons (Fsp3) is 0.591. The van der Waals surface area contributed by atoms with E-state index in [2.05, 4.69) is 52.2 Å². The summed E-state index contributed by atoms with van der Waals surface area (Å²) in [6.45, 7) is 10.9. The van der Waals surface area contributed by atoms with E-state index in [-0.39, 0.29) is 0 Å². The lowest BCUT2D eigenvalue weighted by atomic mass is 10.0. The Morgan fingerprint density at radius 3 is 2.63 bits per heavy atom. The second kappa shape index (κ2) is 9.79. The number of nitrogens with zero attached hydrogens (tertiary/aromatic N) is 2. The molecule has 148 valence electrons. The fourth-order valence-electron chi connectivity index (χ4n) is 3.47. The SMILES string of the molecule is C=C(C)CN1CCC(NC(=NC)NCc2ccccc2OCC2CC2)CC1. The number of nitrogens with one attached hydrogen (secondary N) is 2. The number of ether oxygens (including phenoxy) is 1. The number of hydrogen-bond acceptors (Lipinski definition) is 3. The smallest absolute Gasteiger partial charge is 0.191 e. The van der Waals surface area contributed by atoms with Crippen LogP contribution in [-0.4, -0.2) is 50.2 Å². The molecule has 0 atom stereocenters. The van der Waals surface area contributed by atoms with Gasteiger partial charge in [-0.1, -0.05) is 30.4 Å². The van der Waals surface area contributed by atoms with Crippen molar-refractivity contribution in [1.82, 2.24) is 15.5 Å². The maximum Gasteiger partial charge on any atom is 0.191 e. The van der Waals surface area contributed by atoms with Gasteiger partial charge in [0.2, 0.25) is 0 Å². The van der Waals surface area contributed by atoms with Crippen LogP contribution in [0.1, 0.15) is 38.2 Å². The van der Waals surface area contributed by atoms with Gasteiger partial charge in [-0.2, -0.15) is 0 Å². The van der Waals surface area contributed by atoms with E-state index in [1.54, 1.807) is 0 Å². The lowest BCUT2D eigenvalue weighted by Gasteiger charge is -2.33. The maximum atomic E-state index is 6.01. The largest absolute Gasteiger partial charge is 0.493 e. The average molecular weight is 371 g/mol. The van der Waals surface area contributed by atoms with Crippen LogP contribution in [0.4, 0.5) is 0 Å². The lowest BCUT2D eigenvalue weighted by Crippen LogP contribution is -2.48. The van der Waals surface area contributed by atoms with Crippen molar-refractivity contribution in [3.63, 3.8) is 0 Å². The van der Waals surface area contributed by atoms with E-state index in [9.17, 15) is 0 Å². The number of para-hydroxylation sites is 1. The molecule has 5 nitrogen and oxygen atoms in total. The van der Waals surface area contributed by atoms with Gasteiger partial charge in [0, 0.05) is 44.8 Å². The molecule has 1 aromatic carbocycles. The molecule has 27 heavy (non-hydrogen) atoms. The third kappa shape index (κ3) is 6.58. The van der Waals surface area contributed by atoms with E-state index >= 15 is 0 Å². The monoisotopic (exact) mass is 370 g/mol. The maximum absolute atomic E-state index is 6.01. The van der Waals surface area contributed by atoms with Gasteiger partial charge >= 0.3 is 0 Å². The molecule has 2 N–H and O–H groups in total. The Labute approximate surface area is 163 Å². The van der Waals surface area contributed by atoms with Crippen LogP contribution in [0.5, 0.6) is 5.75 Å². The average Bonchev–Trinajstić information content (AvgIpc) is 3.49. The first kappa shape index (κ1) is 19.7. The van der Waals surface area contributed by atoms with Gasteiger partial charge < -0.3 is 15.4 Å². The van der Waals surface area contributed by atoms with Gasteiger partial charge in [-0.05, 0) is 44.6 Å². The Hall–Kier alpha value is -2.01. The molecule has 0 amide bonds. The van der Waals surface area contributed by atoms with Crippen LogP contribution in [0.3, 0.4) is 0 Å². The van der Waals surface area contributed by atoms with E-state index in [4.69, 9.17) is 4.74 Å². The van der Waals surface area contributed by atoms with Gasteiger partial charge in [0.15, 0.2) is 5.96 Å². The summed E-state index contributed by atoms with van der Waals surface area (Å²) in [5.41, 5.74) is 2.42. The Kier molecular flexibility index (Phi) is 7.16. The molecule has 2 aliphatic rings. The Morgan fingerprint density at radius 1 is 1.22 bits per heavy atom. The molecule has 0 radical (unpaired) electrons. The first-order valence-corrected chi connectivity index (χ1v) is 10.2. The third-order valence-corrected chi connectivity index (χ3v) is 5.24. The van der Waals surface area contributed by atoms with E-state index in [1.165, 1.54) is 24.0 Å². The minimum Gasteiger partial charge on any atom is -0.493 e.